The van der Waals surface area contributed by atoms with Crippen LogP contribution in [-0.2, 0) is 12.8 Å². The van der Waals surface area contributed by atoms with Crippen molar-refractivity contribution in [3.05, 3.63) is 130 Å². The van der Waals surface area contributed by atoms with Crippen molar-refractivity contribution < 1.29 is 23.5 Å². The molecule has 3 N–H and O–H groups in total. The highest BCUT2D eigenvalue weighted by Gasteiger charge is 2.32. The predicted molar refractivity (Wildman–Crippen MR) is 181 cm³/mol. The summed E-state index contributed by atoms with van der Waals surface area (Å²) >= 11 is 0. The zero-order valence-electron chi connectivity index (χ0n) is 27.0. The Labute approximate surface area is 275 Å². The van der Waals surface area contributed by atoms with Crippen LogP contribution in [0, 0.1) is 11.6 Å². The number of β-amino-alcohol motifs (C(OH)–C–C–N with tert-alkyl or cyclic N) is 1. The molecule has 0 saturated carbocycles. The Hall–Kier alpha value is -4.40. The molecule has 0 saturated heterocycles. The van der Waals surface area contributed by atoms with Crippen LogP contribution in [0.25, 0.3) is 11.1 Å². The standard InChI is InChI=1S/C39H43F2N3O3/c1-3-16-43(17-4-2)38(46)30-21-29-22-31(23-30)39(47)44(25-37(45)35(42)20-26-18-32(40)24-33(41)19-26)36(28-11-6-5-7-12-28)15-14-27-10-8-9-13-34(27)29/h5-13,18-19,21-24,35-37,45H,3-4,14-17,20,25,42H2,1-2H3/t35-,36?,37+/m0/s1. The molecule has 2 bridgehead atoms. The van der Waals surface area contributed by atoms with Crippen LogP contribution in [0.4, 0.5) is 8.78 Å². The lowest BCUT2D eigenvalue weighted by molar-refractivity contribution is 0.0441. The molecule has 0 aliphatic carbocycles. The number of carbonyl (C=O) groups is 2. The number of rotatable bonds is 11. The average Bonchev–Trinajstić information content (AvgIpc) is 3.06. The van der Waals surface area contributed by atoms with Crippen LogP contribution >= 0.6 is 0 Å². The van der Waals surface area contributed by atoms with Crippen LogP contribution in [0.1, 0.15) is 76.6 Å². The van der Waals surface area contributed by atoms with Gasteiger partial charge in [-0.25, -0.2) is 8.78 Å². The lowest BCUT2D eigenvalue weighted by Gasteiger charge is -2.36. The summed E-state index contributed by atoms with van der Waals surface area (Å²) in [6.45, 7) is 5.17. The van der Waals surface area contributed by atoms with Gasteiger partial charge in [0.1, 0.15) is 11.6 Å². The quantitative estimate of drug-likeness (QED) is 0.186. The third-order valence-electron chi connectivity index (χ3n) is 8.81. The van der Waals surface area contributed by atoms with Crippen molar-refractivity contribution in [3.63, 3.8) is 0 Å². The molecule has 1 heterocycles. The molecule has 0 spiro atoms. The van der Waals surface area contributed by atoms with Crippen molar-refractivity contribution in [3.8, 4) is 11.1 Å². The maximum absolute atomic E-state index is 14.7. The van der Waals surface area contributed by atoms with Crippen molar-refractivity contribution in [2.24, 2.45) is 5.73 Å². The maximum Gasteiger partial charge on any atom is 0.254 e. The zero-order valence-corrected chi connectivity index (χ0v) is 27.0. The van der Waals surface area contributed by atoms with Gasteiger partial charge in [-0.05, 0) is 90.3 Å². The van der Waals surface area contributed by atoms with Gasteiger partial charge in [-0.1, -0.05) is 68.4 Å². The molecule has 4 aromatic rings. The van der Waals surface area contributed by atoms with Gasteiger partial charge in [-0.15, -0.1) is 0 Å². The number of carbonyl (C=O) groups excluding carboxylic acids is 2. The van der Waals surface area contributed by atoms with E-state index in [1.54, 1.807) is 11.0 Å². The predicted octanol–water partition coefficient (Wildman–Crippen LogP) is 6.95. The molecule has 8 heteroatoms. The molecule has 2 amide bonds. The Morgan fingerprint density at radius 1 is 0.915 bits per heavy atom. The number of nitrogens with zero attached hydrogens (tertiary/aromatic N) is 2. The molecule has 47 heavy (non-hydrogen) atoms. The number of hydrogen-bond donors (Lipinski definition) is 2. The molecular formula is C39H43F2N3O3. The Bertz CT molecular complexity index is 1670. The van der Waals surface area contributed by atoms with Crippen LogP contribution in [0.3, 0.4) is 0 Å². The van der Waals surface area contributed by atoms with E-state index in [1.807, 2.05) is 79.4 Å². The molecule has 3 atom stereocenters. The fourth-order valence-corrected chi connectivity index (χ4v) is 6.55. The molecule has 4 aromatic carbocycles. The summed E-state index contributed by atoms with van der Waals surface area (Å²) in [6, 6.07) is 24.9. The summed E-state index contributed by atoms with van der Waals surface area (Å²) in [4.78, 5) is 32.0. The second-order valence-corrected chi connectivity index (χ2v) is 12.4. The Morgan fingerprint density at radius 2 is 1.55 bits per heavy atom. The van der Waals surface area contributed by atoms with Gasteiger partial charge >= 0.3 is 0 Å². The van der Waals surface area contributed by atoms with E-state index >= 15 is 0 Å². The van der Waals surface area contributed by atoms with Gasteiger partial charge in [0.2, 0.25) is 0 Å². The van der Waals surface area contributed by atoms with Gasteiger partial charge in [-0.2, -0.15) is 0 Å². The molecule has 1 aliphatic rings. The number of hydrogen-bond acceptors (Lipinski definition) is 4. The minimum Gasteiger partial charge on any atom is -0.390 e. The Balaban J connectivity index is 1.59. The minimum absolute atomic E-state index is 0.0140. The smallest absolute Gasteiger partial charge is 0.254 e. The Kier molecular flexibility index (Phi) is 11.2. The summed E-state index contributed by atoms with van der Waals surface area (Å²) in [5.74, 6) is -1.91. The van der Waals surface area contributed by atoms with Crippen LogP contribution < -0.4 is 5.73 Å². The molecule has 1 aliphatic heterocycles. The van der Waals surface area contributed by atoms with Gasteiger partial charge in [0, 0.05) is 42.9 Å². The van der Waals surface area contributed by atoms with Gasteiger partial charge in [0.25, 0.3) is 11.8 Å². The van der Waals surface area contributed by atoms with Crippen molar-refractivity contribution in [2.45, 2.75) is 64.1 Å². The van der Waals surface area contributed by atoms with Crippen LogP contribution in [-0.4, -0.2) is 58.5 Å². The van der Waals surface area contributed by atoms with Crippen molar-refractivity contribution in [1.82, 2.24) is 9.80 Å². The van der Waals surface area contributed by atoms with Crippen LogP contribution in [0.2, 0.25) is 0 Å². The fourth-order valence-electron chi connectivity index (χ4n) is 6.55. The van der Waals surface area contributed by atoms with Crippen LogP contribution in [0.5, 0.6) is 0 Å². The summed E-state index contributed by atoms with van der Waals surface area (Å²) in [5.41, 5.74) is 11.2. The highest BCUT2D eigenvalue weighted by molar-refractivity contribution is 6.02. The van der Waals surface area contributed by atoms with Gasteiger partial charge in [0.15, 0.2) is 0 Å². The van der Waals surface area contributed by atoms with Crippen LogP contribution in [0.15, 0.2) is 91.0 Å². The number of fused-ring (bicyclic) bond motifs is 4. The summed E-state index contributed by atoms with van der Waals surface area (Å²) in [5, 5.41) is 11.4. The molecular weight excluding hydrogens is 596 g/mol. The summed E-state index contributed by atoms with van der Waals surface area (Å²) in [6.07, 6.45) is 1.64. The average molecular weight is 640 g/mol. The van der Waals surface area contributed by atoms with Crippen molar-refractivity contribution in [1.29, 1.82) is 0 Å². The van der Waals surface area contributed by atoms with E-state index in [0.717, 1.165) is 41.2 Å². The van der Waals surface area contributed by atoms with Crippen molar-refractivity contribution >= 4 is 11.8 Å². The van der Waals surface area contributed by atoms with Gasteiger partial charge in [-0.3, -0.25) is 9.59 Å². The molecule has 0 aromatic heterocycles. The first-order valence-corrected chi connectivity index (χ1v) is 16.5. The second kappa shape index (κ2) is 15.5. The number of halogens is 2. The highest BCUT2D eigenvalue weighted by atomic mass is 19.1. The van der Waals surface area contributed by atoms with E-state index in [2.05, 4.69) is 6.07 Å². The third-order valence-corrected chi connectivity index (χ3v) is 8.81. The molecule has 0 fully saturated rings. The first kappa shape index (κ1) is 33.9. The fraction of sp³-hybridized carbons (Fsp3) is 0.333. The lowest BCUT2D eigenvalue weighted by atomic mass is 9.88. The molecule has 246 valence electrons. The molecule has 5 rings (SSSR count). The SMILES string of the molecule is CCCN(CCC)C(=O)c1cc2cc(c1)-c1ccccc1CCC(c1ccccc1)N(C[C@@H](O)[C@@H](N)Cc1cc(F)cc(F)c1)C2=O. The first-order chi connectivity index (χ1) is 22.7. The maximum atomic E-state index is 14.7. The summed E-state index contributed by atoms with van der Waals surface area (Å²) < 4.78 is 27.8. The lowest BCUT2D eigenvalue weighted by Crippen LogP contribution is -2.48. The van der Waals surface area contributed by atoms with E-state index in [9.17, 15) is 23.5 Å². The highest BCUT2D eigenvalue weighted by Crippen LogP contribution is 2.35. The largest absolute Gasteiger partial charge is 0.390 e. The number of nitrogens with two attached hydrogens (primary N) is 1. The number of aliphatic hydroxyl groups is 1. The van der Waals surface area contributed by atoms with E-state index in [1.165, 1.54) is 12.1 Å². The summed E-state index contributed by atoms with van der Waals surface area (Å²) in [7, 11) is 0. The number of benzene rings is 4. The van der Waals surface area contributed by atoms with Gasteiger partial charge in [0.05, 0.1) is 12.1 Å². The second-order valence-electron chi connectivity index (χ2n) is 12.4. The first-order valence-electron chi connectivity index (χ1n) is 16.5. The zero-order chi connectivity index (χ0) is 33.5. The number of amides is 2. The third kappa shape index (κ3) is 8.13. The van der Waals surface area contributed by atoms with E-state index < -0.39 is 29.8 Å². The topological polar surface area (TPSA) is 86.9 Å². The molecule has 6 nitrogen and oxygen atoms in total. The Morgan fingerprint density at radius 3 is 2.23 bits per heavy atom. The molecule has 0 radical (unpaired) electrons. The minimum atomic E-state index is -1.21. The van der Waals surface area contributed by atoms with E-state index in [-0.39, 0.29) is 24.8 Å². The van der Waals surface area contributed by atoms with Crippen molar-refractivity contribution in [2.75, 3.05) is 19.6 Å². The normalized spacial score (nSPS) is 15.9. The van der Waals surface area contributed by atoms with Gasteiger partial charge < -0.3 is 20.6 Å². The monoisotopic (exact) mass is 639 g/mol. The van der Waals surface area contributed by atoms with E-state index in [4.69, 9.17) is 5.73 Å². The molecule has 1 unspecified atom stereocenters. The number of aryl methyl sites for hydroxylation is 1. The van der Waals surface area contributed by atoms with E-state index in [0.29, 0.717) is 42.6 Å². The number of aliphatic hydroxyl groups excluding tert-OH is 1.